The molecule has 3 aromatic carbocycles. The van der Waals surface area contributed by atoms with Crippen LogP contribution in [0.15, 0.2) is 77.8 Å². The highest BCUT2D eigenvalue weighted by atomic mass is 16.4. The number of benzene rings is 3. The predicted molar refractivity (Wildman–Crippen MR) is 309 cm³/mol. The zero-order chi connectivity index (χ0) is 60.8. The maximum Gasteiger partial charge on any atom is 0.326 e. The number of nitrogens with two attached hydrogens (primary N) is 3. The first-order valence-electron chi connectivity index (χ1n) is 28.4. The molecule has 0 aromatic heterocycles. The van der Waals surface area contributed by atoms with E-state index >= 15 is 0 Å². The molecule has 0 unspecified atom stereocenters. The molecule has 0 spiro atoms. The lowest BCUT2D eigenvalue weighted by Gasteiger charge is -2.33. The van der Waals surface area contributed by atoms with Gasteiger partial charge in [0.2, 0.25) is 53.2 Å². The number of guanidine groups is 1. The number of carbonyl (C=O) groups is 10. The number of likely N-dealkylation sites (tertiary alicyclic amines) is 2. The molecule has 15 N–H and O–H groups in total. The summed E-state index contributed by atoms with van der Waals surface area (Å²) in [4.78, 5) is 144. The average molecular weight is 1150 g/mol. The summed E-state index contributed by atoms with van der Waals surface area (Å²) in [7, 11) is 0. The molecule has 9 amide bonds. The lowest BCUT2D eigenvalue weighted by atomic mass is 9.91. The number of aliphatic imine (C=N–C) groups is 1. The zero-order valence-electron chi connectivity index (χ0n) is 47.8. The molecule has 0 aliphatic carbocycles. The second kappa shape index (κ2) is 31.9. The summed E-state index contributed by atoms with van der Waals surface area (Å²) in [6, 6.07) is 13.1. The lowest BCUT2D eigenvalue weighted by Crippen LogP contribution is -2.64. The smallest absolute Gasteiger partial charge is 0.326 e. The van der Waals surface area contributed by atoms with Gasteiger partial charge in [-0.15, -0.1) is 0 Å². The third kappa shape index (κ3) is 19.2. The topological polar surface area (TPSA) is 392 Å². The van der Waals surface area contributed by atoms with Crippen molar-refractivity contribution in [3.05, 3.63) is 83.9 Å². The number of nitrogens with zero attached hydrogens (tertiary/aromatic N) is 3. The molecule has 0 bridgehead atoms. The van der Waals surface area contributed by atoms with Gasteiger partial charge in [0, 0.05) is 39.4 Å². The first kappa shape index (κ1) is 65.6. The Morgan fingerprint density at radius 3 is 2.00 bits per heavy atom. The normalized spacial score (nSPS) is 17.7. The van der Waals surface area contributed by atoms with E-state index < -0.39 is 126 Å². The van der Waals surface area contributed by atoms with Crippen LogP contribution in [0.3, 0.4) is 0 Å². The van der Waals surface area contributed by atoms with Gasteiger partial charge in [-0.3, -0.25) is 48.1 Å². The molecule has 25 nitrogen and oxygen atoms in total. The number of rotatable bonds is 31. The van der Waals surface area contributed by atoms with Crippen LogP contribution in [0.5, 0.6) is 0 Å². The first-order chi connectivity index (χ1) is 39.6. The number of hydrogen-bond acceptors (Lipinski definition) is 13. The van der Waals surface area contributed by atoms with Crippen LogP contribution in [-0.2, 0) is 60.8 Å². The molecule has 2 fully saturated rings. The molecule has 3 aromatic rings. The molecule has 2 heterocycles. The van der Waals surface area contributed by atoms with Crippen molar-refractivity contribution in [2.75, 3.05) is 39.3 Å². The van der Waals surface area contributed by atoms with Gasteiger partial charge in [0.1, 0.15) is 47.8 Å². The summed E-state index contributed by atoms with van der Waals surface area (Å²) >= 11 is 0. The van der Waals surface area contributed by atoms with E-state index in [1.807, 2.05) is 36.4 Å². The van der Waals surface area contributed by atoms with Crippen LogP contribution in [0, 0.1) is 5.92 Å². The summed E-state index contributed by atoms with van der Waals surface area (Å²) in [5, 5.41) is 40.7. The zero-order valence-corrected chi connectivity index (χ0v) is 47.8. The number of unbranched alkanes of at least 4 members (excludes halogenated alkanes) is 1. The predicted octanol–water partition coefficient (Wildman–Crippen LogP) is -0.652. The van der Waals surface area contributed by atoms with Gasteiger partial charge < -0.3 is 74.4 Å². The van der Waals surface area contributed by atoms with Gasteiger partial charge in [0.25, 0.3) is 0 Å². The Kier molecular flexibility index (Phi) is 25.2. The van der Waals surface area contributed by atoms with Crippen LogP contribution in [-0.4, -0.2) is 172 Å². The van der Waals surface area contributed by atoms with Crippen LogP contribution in [0.1, 0.15) is 103 Å². The molecule has 0 saturated carbocycles. The monoisotopic (exact) mass is 1150 g/mol. The molecule has 5 rings (SSSR count). The van der Waals surface area contributed by atoms with E-state index in [0.717, 1.165) is 10.8 Å². The van der Waals surface area contributed by atoms with E-state index in [1.165, 1.54) is 23.6 Å². The van der Waals surface area contributed by atoms with Crippen molar-refractivity contribution in [3.8, 4) is 0 Å². The second-order valence-corrected chi connectivity index (χ2v) is 21.6. The Morgan fingerprint density at radius 1 is 0.723 bits per heavy atom. The fourth-order valence-corrected chi connectivity index (χ4v) is 10.4. The number of aliphatic hydroxyl groups excluding tert-OH is 1. The molecule has 2 aliphatic rings. The van der Waals surface area contributed by atoms with Gasteiger partial charge in [-0.2, -0.15) is 0 Å². The molecule has 0 radical (unpaired) electrons. The lowest BCUT2D eigenvalue weighted by molar-refractivity contribution is -0.148. The van der Waals surface area contributed by atoms with Crippen molar-refractivity contribution in [1.29, 1.82) is 0 Å². The van der Waals surface area contributed by atoms with Crippen LogP contribution in [0.25, 0.3) is 10.8 Å². The standard InChI is InChI=1S/C58H83N13O12/c1-5-35(2)48(55(81)82)68-50(76)43(31-38-24-25-39-18-9-10-19-40(39)30-38)66-51(77)44(34-72)67-56(83)58(4,32-37-16-7-6-8-17-37)69-47(74)33-63-52(78)45-22-14-28-70(45)54(80)46-23-15-29-71(46)53(79)42(21-13-27-62-57(60)61)65-49(75)41(64-36(3)73)20-11-12-26-59/h6-10,16-19,24-25,30,35,41-46,48,72H,5,11-15,20-23,26-29,31-34,59H2,1-4H3,(H,63,78)(H,64,73)(H,65,75)(H,66,77)(H,67,83)(H,68,76)(H,69,74)(H,81,82)(H4,60,61,62)/t35-,41-,42-,43+,44-,45-,46-,48-,58-/m0/s1. The van der Waals surface area contributed by atoms with Gasteiger partial charge in [0.15, 0.2) is 5.96 Å². The highest BCUT2D eigenvalue weighted by Gasteiger charge is 2.45. The summed E-state index contributed by atoms with van der Waals surface area (Å²) in [6.07, 6.45) is 3.38. The van der Waals surface area contributed by atoms with Crippen LogP contribution < -0.4 is 54.4 Å². The first-order valence-corrected chi connectivity index (χ1v) is 28.4. The number of amides is 9. The molecular formula is C58H83N13O12. The summed E-state index contributed by atoms with van der Waals surface area (Å²) in [5.74, 6) is -8.15. The number of carbonyl (C=O) groups excluding carboxylic acids is 9. The molecule has 2 saturated heterocycles. The maximum atomic E-state index is 14.4. The Labute approximate surface area is 483 Å². The Balaban J connectivity index is 1.28. The van der Waals surface area contributed by atoms with Crippen molar-refractivity contribution in [2.24, 2.45) is 28.1 Å². The van der Waals surface area contributed by atoms with Crippen molar-refractivity contribution in [1.82, 2.24) is 47.0 Å². The highest BCUT2D eigenvalue weighted by Crippen LogP contribution is 2.27. The minimum Gasteiger partial charge on any atom is -0.480 e. The van der Waals surface area contributed by atoms with Gasteiger partial charge in [-0.1, -0.05) is 93.1 Å². The van der Waals surface area contributed by atoms with E-state index in [0.29, 0.717) is 49.8 Å². The minimum atomic E-state index is -1.84. The third-order valence-corrected chi connectivity index (χ3v) is 15.1. The van der Waals surface area contributed by atoms with E-state index in [-0.39, 0.29) is 70.5 Å². The molecule has 452 valence electrons. The Morgan fingerprint density at radius 2 is 1.35 bits per heavy atom. The largest absolute Gasteiger partial charge is 0.480 e. The molecule has 83 heavy (non-hydrogen) atoms. The number of nitrogens with one attached hydrogen (secondary N) is 7. The van der Waals surface area contributed by atoms with E-state index in [1.54, 1.807) is 50.2 Å². The summed E-state index contributed by atoms with van der Waals surface area (Å²) in [6.45, 7) is 5.41. The Bertz CT molecular complexity index is 2800. The summed E-state index contributed by atoms with van der Waals surface area (Å²) in [5.41, 5.74) is 16.1. The number of aliphatic carboxylic acids is 1. The van der Waals surface area contributed by atoms with Crippen molar-refractivity contribution >= 4 is 75.9 Å². The van der Waals surface area contributed by atoms with Crippen molar-refractivity contribution in [3.63, 3.8) is 0 Å². The number of hydrogen-bond donors (Lipinski definition) is 12. The van der Waals surface area contributed by atoms with E-state index in [4.69, 9.17) is 17.2 Å². The number of carboxylic acid groups (broad SMARTS) is 1. The fraction of sp³-hybridized carbons (Fsp3) is 0.534. The van der Waals surface area contributed by atoms with Crippen molar-refractivity contribution < 1.29 is 58.2 Å². The van der Waals surface area contributed by atoms with Crippen LogP contribution >= 0.6 is 0 Å². The SMILES string of the molecule is CC[C@H](C)[C@H](NC(=O)[C@@H](Cc1ccc2ccccc2c1)NC(=O)[C@H](CO)NC(=O)[C@](C)(Cc1ccccc1)NC(=O)CNC(=O)[C@@H]1CCCN1C(=O)[C@@H]1CCCN1C(=O)[C@H](CCCN=C(N)N)NC(=O)[C@H](CCCCN)NC(C)=O)C(=O)O. The van der Waals surface area contributed by atoms with E-state index in [2.05, 4.69) is 42.2 Å². The van der Waals surface area contributed by atoms with Gasteiger partial charge in [0.05, 0.1) is 13.2 Å². The minimum absolute atomic E-state index is 0.0918. The van der Waals surface area contributed by atoms with Crippen molar-refractivity contribution in [2.45, 2.75) is 153 Å². The third-order valence-electron chi connectivity index (χ3n) is 15.1. The Hall–Kier alpha value is -8.19. The van der Waals surface area contributed by atoms with Gasteiger partial charge in [-0.25, -0.2) is 4.79 Å². The van der Waals surface area contributed by atoms with Crippen LogP contribution in [0.2, 0.25) is 0 Å². The molecule has 25 heteroatoms. The average Bonchev–Trinajstić information content (AvgIpc) is 4.39. The molecule has 9 atom stereocenters. The number of aliphatic hydroxyl groups is 1. The maximum absolute atomic E-state index is 14.4. The summed E-state index contributed by atoms with van der Waals surface area (Å²) < 4.78 is 0. The second-order valence-electron chi connectivity index (χ2n) is 21.6. The molecule has 2 aliphatic heterocycles. The van der Waals surface area contributed by atoms with Gasteiger partial charge in [-0.05, 0) is 99.1 Å². The van der Waals surface area contributed by atoms with E-state index in [9.17, 15) is 58.2 Å². The quantitative estimate of drug-likeness (QED) is 0.0216. The van der Waals surface area contributed by atoms with Gasteiger partial charge >= 0.3 is 5.97 Å². The van der Waals surface area contributed by atoms with Crippen LogP contribution in [0.4, 0.5) is 0 Å². The molecular weight excluding hydrogens is 1070 g/mol. The fourth-order valence-electron chi connectivity index (χ4n) is 10.4. The highest BCUT2D eigenvalue weighted by molar-refractivity contribution is 5.99. The number of fused-ring (bicyclic) bond motifs is 1. The number of carboxylic acids is 1.